The summed E-state index contributed by atoms with van der Waals surface area (Å²) < 4.78 is 5.46. The number of carbonyl (C=O) groups is 1. The summed E-state index contributed by atoms with van der Waals surface area (Å²) in [5.41, 5.74) is 0. The summed E-state index contributed by atoms with van der Waals surface area (Å²) in [6.07, 6.45) is 8.57. The maximum atomic E-state index is 11.7. The van der Waals surface area contributed by atoms with Crippen molar-refractivity contribution in [3.8, 4) is 0 Å². The summed E-state index contributed by atoms with van der Waals surface area (Å²) in [7, 11) is 0. The number of hydrogen-bond donors (Lipinski definition) is 2. The number of ether oxygens (including phenoxy) is 1. The number of unbranched alkanes of at least 4 members (excludes halogenated alkanes) is 1. The Bertz CT molecular complexity index is 238. The van der Waals surface area contributed by atoms with Gasteiger partial charge in [-0.15, -0.1) is 0 Å². The van der Waals surface area contributed by atoms with Crippen molar-refractivity contribution in [3.63, 3.8) is 0 Å². The van der Waals surface area contributed by atoms with Crippen molar-refractivity contribution in [3.05, 3.63) is 0 Å². The maximum absolute atomic E-state index is 11.7. The van der Waals surface area contributed by atoms with E-state index in [1.165, 1.54) is 19.3 Å². The summed E-state index contributed by atoms with van der Waals surface area (Å²) in [5, 5.41) is 6.31. The van der Waals surface area contributed by atoms with Crippen LogP contribution in [0.3, 0.4) is 0 Å². The molecule has 1 saturated carbocycles. The molecule has 0 atom stereocenters. The van der Waals surface area contributed by atoms with Crippen LogP contribution < -0.4 is 10.6 Å². The Hall–Kier alpha value is -0.610. The highest BCUT2D eigenvalue weighted by atomic mass is 16.5. The van der Waals surface area contributed by atoms with Crippen molar-refractivity contribution in [2.24, 2.45) is 0 Å². The molecule has 0 radical (unpaired) electrons. The molecule has 1 aliphatic rings. The number of hydrogen-bond acceptors (Lipinski definition) is 3. The second-order valence-corrected chi connectivity index (χ2v) is 5.71. The van der Waals surface area contributed by atoms with Crippen LogP contribution in [0, 0.1) is 0 Å². The van der Waals surface area contributed by atoms with Crippen molar-refractivity contribution < 1.29 is 9.53 Å². The van der Waals surface area contributed by atoms with Gasteiger partial charge in [-0.2, -0.15) is 0 Å². The molecule has 0 spiro atoms. The Labute approximate surface area is 117 Å². The molecule has 112 valence electrons. The van der Waals surface area contributed by atoms with E-state index in [1.54, 1.807) is 0 Å². The van der Waals surface area contributed by atoms with Crippen molar-refractivity contribution in [2.45, 2.75) is 70.9 Å². The summed E-state index contributed by atoms with van der Waals surface area (Å²) >= 11 is 0. The zero-order valence-corrected chi connectivity index (χ0v) is 12.5. The predicted molar refractivity (Wildman–Crippen MR) is 78.2 cm³/mol. The van der Waals surface area contributed by atoms with Crippen LogP contribution in [0.2, 0.25) is 0 Å². The minimum absolute atomic E-state index is 0.144. The molecular weight excluding hydrogens is 240 g/mol. The van der Waals surface area contributed by atoms with Gasteiger partial charge in [0.1, 0.15) is 0 Å². The molecule has 1 amide bonds. The van der Waals surface area contributed by atoms with Crippen LogP contribution in [0.25, 0.3) is 0 Å². The molecule has 19 heavy (non-hydrogen) atoms. The van der Waals surface area contributed by atoms with Gasteiger partial charge in [0, 0.05) is 12.6 Å². The summed E-state index contributed by atoms with van der Waals surface area (Å²) in [4.78, 5) is 11.7. The van der Waals surface area contributed by atoms with Crippen LogP contribution in [0.5, 0.6) is 0 Å². The largest absolute Gasteiger partial charge is 0.379 e. The zero-order valence-electron chi connectivity index (χ0n) is 12.5. The average Bonchev–Trinajstić information content (AvgIpc) is 2.38. The van der Waals surface area contributed by atoms with Gasteiger partial charge >= 0.3 is 0 Å². The summed E-state index contributed by atoms with van der Waals surface area (Å²) in [5.74, 6) is 0.144. The lowest BCUT2D eigenvalue weighted by atomic mass is 9.95. The predicted octanol–water partition coefficient (Wildman–Crippen LogP) is 2.23. The molecule has 0 aromatic carbocycles. The Kier molecular flexibility index (Phi) is 8.84. The second-order valence-electron chi connectivity index (χ2n) is 5.71. The number of amides is 1. The molecular formula is C15H30N2O2. The molecule has 1 fully saturated rings. The second kappa shape index (κ2) is 10.2. The first-order valence-electron chi connectivity index (χ1n) is 7.80. The van der Waals surface area contributed by atoms with Gasteiger partial charge in [-0.3, -0.25) is 4.79 Å². The lowest BCUT2D eigenvalue weighted by Gasteiger charge is -2.22. The number of carbonyl (C=O) groups excluding carboxylic acids is 1. The molecule has 0 aromatic rings. The summed E-state index contributed by atoms with van der Waals surface area (Å²) in [6, 6.07) is 0.419. The van der Waals surface area contributed by atoms with E-state index in [0.29, 0.717) is 18.7 Å². The minimum Gasteiger partial charge on any atom is -0.379 e. The van der Waals surface area contributed by atoms with Crippen LogP contribution >= 0.6 is 0 Å². The lowest BCUT2D eigenvalue weighted by molar-refractivity contribution is -0.121. The lowest BCUT2D eigenvalue weighted by Crippen LogP contribution is -2.41. The molecule has 0 aliphatic heterocycles. The van der Waals surface area contributed by atoms with E-state index >= 15 is 0 Å². The van der Waals surface area contributed by atoms with E-state index in [0.717, 1.165) is 38.8 Å². The maximum Gasteiger partial charge on any atom is 0.234 e. The van der Waals surface area contributed by atoms with E-state index in [2.05, 4.69) is 10.6 Å². The zero-order chi connectivity index (χ0) is 13.9. The van der Waals surface area contributed by atoms with Gasteiger partial charge in [0.15, 0.2) is 0 Å². The van der Waals surface area contributed by atoms with E-state index < -0.39 is 0 Å². The van der Waals surface area contributed by atoms with Gasteiger partial charge in [0.2, 0.25) is 5.91 Å². The topological polar surface area (TPSA) is 50.4 Å². The monoisotopic (exact) mass is 270 g/mol. The minimum atomic E-state index is 0.144. The molecule has 4 nitrogen and oxygen atoms in total. The van der Waals surface area contributed by atoms with Gasteiger partial charge in [0.05, 0.1) is 12.6 Å². The number of nitrogens with one attached hydrogen (secondary N) is 2. The molecule has 0 unspecified atom stereocenters. The Morgan fingerprint density at radius 3 is 2.63 bits per heavy atom. The molecule has 1 rings (SSSR count). The first kappa shape index (κ1) is 16.4. The third-order valence-electron chi connectivity index (χ3n) is 3.45. The highest BCUT2D eigenvalue weighted by Crippen LogP contribution is 2.16. The standard InChI is InChI=1S/C15H30N2O2/c1-13(2)19-11-7-6-10-16-12-15(18)17-14-8-4-3-5-9-14/h13-14,16H,3-12H2,1-2H3,(H,17,18). The molecule has 0 heterocycles. The van der Waals surface area contributed by atoms with Crippen LogP contribution in [0.15, 0.2) is 0 Å². The smallest absolute Gasteiger partial charge is 0.234 e. The molecule has 4 heteroatoms. The molecule has 2 N–H and O–H groups in total. The van der Waals surface area contributed by atoms with Crippen LogP contribution in [0.1, 0.15) is 58.8 Å². The Morgan fingerprint density at radius 1 is 1.21 bits per heavy atom. The van der Waals surface area contributed by atoms with Crippen molar-refractivity contribution in [1.29, 1.82) is 0 Å². The van der Waals surface area contributed by atoms with E-state index in [9.17, 15) is 4.79 Å². The van der Waals surface area contributed by atoms with Crippen molar-refractivity contribution in [1.82, 2.24) is 10.6 Å². The molecule has 0 bridgehead atoms. The first-order valence-corrected chi connectivity index (χ1v) is 7.80. The first-order chi connectivity index (χ1) is 9.18. The van der Waals surface area contributed by atoms with Crippen LogP contribution in [0.4, 0.5) is 0 Å². The van der Waals surface area contributed by atoms with Crippen molar-refractivity contribution >= 4 is 5.91 Å². The summed E-state index contributed by atoms with van der Waals surface area (Å²) in [6.45, 7) is 6.25. The SMILES string of the molecule is CC(C)OCCCCNCC(=O)NC1CCCCC1. The van der Waals surface area contributed by atoms with Crippen LogP contribution in [-0.2, 0) is 9.53 Å². The quantitative estimate of drug-likeness (QED) is 0.632. The van der Waals surface area contributed by atoms with Gasteiger partial charge in [-0.05, 0) is 46.1 Å². The third-order valence-corrected chi connectivity index (χ3v) is 3.45. The van der Waals surface area contributed by atoms with Gasteiger partial charge in [-0.25, -0.2) is 0 Å². The molecule has 0 saturated heterocycles. The van der Waals surface area contributed by atoms with Crippen molar-refractivity contribution in [2.75, 3.05) is 19.7 Å². The third kappa shape index (κ3) is 9.00. The van der Waals surface area contributed by atoms with E-state index in [4.69, 9.17) is 4.74 Å². The van der Waals surface area contributed by atoms with Gasteiger partial charge in [-0.1, -0.05) is 19.3 Å². The average molecular weight is 270 g/mol. The Morgan fingerprint density at radius 2 is 1.95 bits per heavy atom. The fraction of sp³-hybridized carbons (Fsp3) is 0.933. The fourth-order valence-electron chi connectivity index (χ4n) is 2.40. The highest BCUT2D eigenvalue weighted by molar-refractivity contribution is 5.78. The fourth-order valence-corrected chi connectivity index (χ4v) is 2.40. The van der Waals surface area contributed by atoms with Gasteiger partial charge < -0.3 is 15.4 Å². The normalized spacial score (nSPS) is 16.8. The van der Waals surface area contributed by atoms with E-state index in [1.807, 2.05) is 13.8 Å². The van der Waals surface area contributed by atoms with Gasteiger partial charge in [0.25, 0.3) is 0 Å². The molecule has 0 aromatic heterocycles. The number of rotatable bonds is 9. The Balaban J connectivity index is 1.89. The highest BCUT2D eigenvalue weighted by Gasteiger charge is 2.14. The molecule has 1 aliphatic carbocycles. The van der Waals surface area contributed by atoms with E-state index in [-0.39, 0.29) is 5.91 Å². The van der Waals surface area contributed by atoms with Crippen LogP contribution in [-0.4, -0.2) is 37.7 Å².